The number of pyridine rings is 1. The zero-order chi connectivity index (χ0) is 19.8. The first-order chi connectivity index (χ1) is 13.4. The molecular weight excluding hydrogens is 354 g/mol. The zero-order valence-corrected chi connectivity index (χ0v) is 16.2. The first-order valence-electron chi connectivity index (χ1n) is 9.64. The topological polar surface area (TPSA) is 97.3 Å². The Morgan fingerprint density at radius 3 is 2.61 bits per heavy atom. The standard InChI is InChI=1S/C21H25N5O2/c1-13(2)25-7-5-17(6-8-25)26-19-4-3-14(9-16(19)12-24-26)15-10-18(21(27)28)20(22)23-11-15/h3-4,9-13,17H,5-8H2,1-2H3,(H2,22,23)(H,27,28). The van der Waals surface area contributed by atoms with Crippen molar-refractivity contribution in [2.75, 3.05) is 18.8 Å². The summed E-state index contributed by atoms with van der Waals surface area (Å²) in [6, 6.07) is 8.64. The van der Waals surface area contributed by atoms with Crippen LogP contribution in [0.4, 0.5) is 5.82 Å². The van der Waals surface area contributed by atoms with Crippen molar-refractivity contribution in [2.24, 2.45) is 0 Å². The maximum Gasteiger partial charge on any atom is 0.339 e. The van der Waals surface area contributed by atoms with Gasteiger partial charge in [-0.25, -0.2) is 9.78 Å². The normalized spacial score (nSPS) is 16.1. The van der Waals surface area contributed by atoms with Crippen LogP contribution in [0.3, 0.4) is 0 Å². The van der Waals surface area contributed by atoms with Gasteiger partial charge in [0.25, 0.3) is 0 Å². The summed E-state index contributed by atoms with van der Waals surface area (Å²) in [5.41, 5.74) is 8.42. The van der Waals surface area contributed by atoms with Crippen LogP contribution in [0, 0.1) is 0 Å². The van der Waals surface area contributed by atoms with Gasteiger partial charge in [0.1, 0.15) is 11.4 Å². The number of likely N-dealkylation sites (tertiary alicyclic amines) is 1. The predicted octanol–water partition coefficient (Wildman–Crippen LogP) is 3.42. The lowest BCUT2D eigenvalue weighted by Crippen LogP contribution is -2.39. The van der Waals surface area contributed by atoms with Crippen LogP contribution >= 0.6 is 0 Å². The molecule has 0 saturated carbocycles. The van der Waals surface area contributed by atoms with Crippen molar-refractivity contribution in [2.45, 2.75) is 38.8 Å². The van der Waals surface area contributed by atoms with E-state index in [0.717, 1.165) is 48.0 Å². The van der Waals surface area contributed by atoms with E-state index >= 15 is 0 Å². The van der Waals surface area contributed by atoms with E-state index in [-0.39, 0.29) is 11.4 Å². The Morgan fingerprint density at radius 1 is 1.18 bits per heavy atom. The summed E-state index contributed by atoms with van der Waals surface area (Å²) < 4.78 is 2.14. The largest absolute Gasteiger partial charge is 0.478 e. The molecule has 1 saturated heterocycles. The van der Waals surface area contributed by atoms with Gasteiger partial charge in [-0.15, -0.1) is 0 Å². The number of carboxylic acids is 1. The van der Waals surface area contributed by atoms with Crippen molar-refractivity contribution >= 4 is 22.7 Å². The number of benzene rings is 1. The first kappa shape index (κ1) is 18.4. The molecule has 7 heteroatoms. The molecular formula is C21H25N5O2. The van der Waals surface area contributed by atoms with Crippen molar-refractivity contribution in [3.63, 3.8) is 0 Å². The molecule has 0 unspecified atom stereocenters. The lowest BCUT2D eigenvalue weighted by Gasteiger charge is -2.34. The molecule has 0 bridgehead atoms. The van der Waals surface area contributed by atoms with Crippen molar-refractivity contribution in [3.8, 4) is 11.1 Å². The summed E-state index contributed by atoms with van der Waals surface area (Å²) in [6.07, 6.45) is 5.69. The first-order valence-corrected chi connectivity index (χ1v) is 9.64. The van der Waals surface area contributed by atoms with E-state index in [9.17, 15) is 9.90 Å². The lowest BCUT2D eigenvalue weighted by molar-refractivity contribution is 0.0697. The van der Waals surface area contributed by atoms with E-state index < -0.39 is 5.97 Å². The fourth-order valence-electron chi connectivity index (χ4n) is 3.98. The summed E-state index contributed by atoms with van der Waals surface area (Å²) in [4.78, 5) is 17.9. The quantitative estimate of drug-likeness (QED) is 0.721. The fraction of sp³-hybridized carbons (Fsp3) is 0.381. The number of carbonyl (C=O) groups is 1. The Balaban J connectivity index is 1.62. The third-order valence-corrected chi connectivity index (χ3v) is 5.65. The van der Waals surface area contributed by atoms with Gasteiger partial charge in [-0.3, -0.25) is 4.68 Å². The Morgan fingerprint density at radius 2 is 1.93 bits per heavy atom. The summed E-state index contributed by atoms with van der Waals surface area (Å²) in [7, 11) is 0. The molecule has 7 nitrogen and oxygen atoms in total. The molecule has 0 spiro atoms. The van der Waals surface area contributed by atoms with Gasteiger partial charge in [-0.05, 0) is 50.5 Å². The highest BCUT2D eigenvalue weighted by atomic mass is 16.4. The number of nitrogen functional groups attached to an aromatic ring is 1. The molecule has 3 N–H and O–H groups in total. The van der Waals surface area contributed by atoms with Crippen LogP contribution in [-0.4, -0.2) is 49.9 Å². The minimum Gasteiger partial charge on any atom is -0.478 e. The molecule has 4 rings (SSSR count). The number of rotatable bonds is 4. The van der Waals surface area contributed by atoms with Crippen LogP contribution < -0.4 is 5.73 Å². The van der Waals surface area contributed by atoms with E-state index in [1.54, 1.807) is 12.3 Å². The van der Waals surface area contributed by atoms with E-state index in [1.807, 2.05) is 18.3 Å². The molecule has 3 heterocycles. The summed E-state index contributed by atoms with van der Waals surface area (Å²) in [5.74, 6) is -1.05. The number of aromatic nitrogens is 3. The average Bonchev–Trinajstić information content (AvgIpc) is 3.11. The number of fused-ring (bicyclic) bond motifs is 1. The number of piperidine rings is 1. The molecule has 3 aromatic rings. The van der Waals surface area contributed by atoms with Crippen molar-refractivity contribution in [1.29, 1.82) is 0 Å². The van der Waals surface area contributed by atoms with Crippen molar-refractivity contribution < 1.29 is 9.90 Å². The monoisotopic (exact) mass is 379 g/mol. The highest BCUT2D eigenvalue weighted by Gasteiger charge is 2.23. The number of carboxylic acid groups (broad SMARTS) is 1. The lowest BCUT2D eigenvalue weighted by atomic mass is 10.0. The molecule has 1 aliphatic rings. The number of aromatic carboxylic acids is 1. The van der Waals surface area contributed by atoms with Crippen LogP contribution in [0.15, 0.2) is 36.7 Å². The fourth-order valence-corrected chi connectivity index (χ4v) is 3.98. The highest BCUT2D eigenvalue weighted by Crippen LogP contribution is 2.30. The Labute approximate surface area is 163 Å². The molecule has 2 aromatic heterocycles. The Kier molecular flexibility index (Phi) is 4.77. The van der Waals surface area contributed by atoms with Crippen molar-refractivity contribution in [1.82, 2.24) is 19.7 Å². The van der Waals surface area contributed by atoms with Gasteiger partial charge in [0.05, 0.1) is 17.8 Å². The van der Waals surface area contributed by atoms with Crippen LogP contribution in [0.5, 0.6) is 0 Å². The highest BCUT2D eigenvalue weighted by molar-refractivity contribution is 5.94. The van der Waals surface area contributed by atoms with E-state index in [2.05, 4.69) is 39.6 Å². The number of anilines is 1. The van der Waals surface area contributed by atoms with E-state index in [1.165, 1.54) is 0 Å². The van der Waals surface area contributed by atoms with Crippen LogP contribution in [0.25, 0.3) is 22.0 Å². The average molecular weight is 379 g/mol. The molecule has 0 atom stereocenters. The van der Waals surface area contributed by atoms with Gasteiger partial charge in [0.15, 0.2) is 0 Å². The van der Waals surface area contributed by atoms with Gasteiger partial charge < -0.3 is 15.7 Å². The molecule has 1 aromatic carbocycles. The van der Waals surface area contributed by atoms with Gasteiger partial charge >= 0.3 is 5.97 Å². The van der Waals surface area contributed by atoms with E-state index in [4.69, 9.17) is 5.73 Å². The van der Waals surface area contributed by atoms with Gasteiger partial charge in [-0.2, -0.15) is 5.10 Å². The molecule has 1 aliphatic heterocycles. The predicted molar refractivity (Wildman–Crippen MR) is 109 cm³/mol. The number of nitrogens with two attached hydrogens (primary N) is 1. The van der Waals surface area contributed by atoms with Crippen LogP contribution in [0.2, 0.25) is 0 Å². The maximum absolute atomic E-state index is 11.3. The third kappa shape index (κ3) is 3.33. The van der Waals surface area contributed by atoms with Crippen LogP contribution in [0.1, 0.15) is 43.1 Å². The number of nitrogens with zero attached hydrogens (tertiary/aromatic N) is 4. The smallest absolute Gasteiger partial charge is 0.339 e. The second kappa shape index (κ2) is 7.24. The van der Waals surface area contributed by atoms with Crippen LogP contribution in [-0.2, 0) is 0 Å². The second-order valence-corrected chi connectivity index (χ2v) is 7.69. The third-order valence-electron chi connectivity index (χ3n) is 5.65. The maximum atomic E-state index is 11.3. The minimum absolute atomic E-state index is 0.0187. The molecule has 0 amide bonds. The number of hydrogen-bond donors (Lipinski definition) is 2. The zero-order valence-electron chi connectivity index (χ0n) is 16.2. The second-order valence-electron chi connectivity index (χ2n) is 7.69. The summed E-state index contributed by atoms with van der Waals surface area (Å²) in [5, 5.41) is 15.0. The van der Waals surface area contributed by atoms with Gasteiger partial charge in [0, 0.05) is 36.3 Å². The molecule has 28 heavy (non-hydrogen) atoms. The molecule has 146 valence electrons. The van der Waals surface area contributed by atoms with Crippen molar-refractivity contribution in [3.05, 3.63) is 42.2 Å². The molecule has 0 aliphatic carbocycles. The molecule has 1 fully saturated rings. The molecule has 0 radical (unpaired) electrons. The van der Waals surface area contributed by atoms with E-state index in [0.29, 0.717) is 12.1 Å². The minimum atomic E-state index is -1.08. The number of hydrogen-bond acceptors (Lipinski definition) is 5. The Hall–Kier alpha value is -2.93. The SMILES string of the molecule is CC(C)N1CCC(n2ncc3cc(-c4cnc(N)c(C(=O)O)c4)ccc32)CC1. The summed E-state index contributed by atoms with van der Waals surface area (Å²) >= 11 is 0. The summed E-state index contributed by atoms with van der Waals surface area (Å²) in [6.45, 7) is 6.67. The Bertz CT molecular complexity index is 1020. The van der Waals surface area contributed by atoms with Gasteiger partial charge in [-0.1, -0.05) is 6.07 Å². The van der Waals surface area contributed by atoms with Gasteiger partial charge in [0.2, 0.25) is 0 Å².